The Morgan fingerprint density at radius 2 is 2.00 bits per heavy atom. The van der Waals surface area contributed by atoms with E-state index in [1.165, 1.54) is 18.2 Å². The van der Waals surface area contributed by atoms with Crippen LogP contribution in [0.15, 0.2) is 27.7 Å². The van der Waals surface area contributed by atoms with Crippen LogP contribution >= 0.6 is 27.7 Å². The molecular weight excluding hydrogens is 561 g/mol. The smallest absolute Gasteiger partial charge is 0.415 e. The Bertz CT molecular complexity index is 1000. The molecule has 5 nitrogen and oxygen atoms in total. The van der Waals surface area contributed by atoms with Crippen LogP contribution in [-0.4, -0.2) is 60.3 Å². The number of amides is 1. The lowest BCUT2D eigenvalue weighted by Crippen LogP contribution is -2.54. The maximum Gasteiger partial charge on any atom is 0.415 e. The molecule has 1 N–H and O–H groups in total. The van der Waals surface area contributed by atoms with E-state index in [1.807, 2.05) is 20.8 Å². The van der Waals surface area contributed by atoms with Crippen molar-refractivity contribution in [1.82, 2.24) is 4.90 Å². The topological polar surface area (TPSA) is 62.1 Å². The van der Waals surface area contributed by atoms with Crippen LogP contribution in [0, 0.1) is 17.2 Å². The number of ether oxygens (including phenoxy) is 1. The van der Waals surface area contributed by atoms with Crippen molar-refractivity contribution < 1.29 is 27.8 Å². The van der Waals surface area contributed by atoms with Crippen molar-refractivity contribution in [2.75, 3.05) is 20.0 Å². The zero-order chi connectivity index (χ0) is 26.4. The minimum atomic E-state index is -1.73. The predicted octanol–water partition coefficient (Wildman–Crippen LogP) is 7.29. The number of fused-ring (bicyclic) bond motifs is 1. The third kappa shape index (κ3) is 5.77. The lowest BCUT2D eigenvalue weighted by molar-refractivity contribution is -0.0761. The lowest BCUT2D eigenvalue weighted by Gasteiger charge is -2.42. The van der Waals surface area contributed by atoms with Crippen LogP contribution in [0.25, 0.3) is 0 Å². The van der Waals surface area contributed by atoms with Gasteiger partial charge in [-0.3, -0.25) is 0 Å². The second-order valence-corrected chi connectivity index (χ2v) is 19.6. The first-order valence-electron chi connectivity index (χ1n) is 11.6. The van der Waals surface area contributed by atoms with Crippen molar-refractivity contribution in [3.63, 3.8) is 0 Å². The van der Waals surface area contributed by atoms with Gasteiger partial charge in [-0.05, 0) is 30.7 Å². The summed E-state index contributed by atoms with van der Waals surface area (Å²) >= 11 is 4.30. The van der Waals surface area contributed by atoms with Crippen LogP contribution in [0.4, 0.5) is 18.0 Å². The molecular formula is C24H34BrF3N2O3SSi. The summed E-state index contributed by atoms with van der Waals surface area (Å²) in [7, 11) is -1.46. The Morgan fingerprint density at radius 1 is 1.34 bits per heavy atom. The number of carboxylic acid groups (broad SMARTS) is 1. The molecule has 1 aliphatic heterocycles. The molecule has 2 aliphatic rings. The highest BCUT2D eigenvalue weighted by molar-refractivity contribution is 9.10. The first kappa shape index (κ1) is 28.5. The second kappa shape index (κ2) is 10.0. The van der Waals surface area contributed by atoms with Gasteiger partial charge in [0.25, 0.3) is 0 Å². The molecule has 35 heavy (non-hydrogen) atoms. The van der Waals surface area contributed by atoms with Crippen molar-refractivity contribution in [3.05, 3.63) is 34.1 Å². The number of benzene rings is 1. The van der Waals surface area contributed by atoms with E-state index in [0.717, 1.165) is 22.7 Å². The number of thioether (sulfide) groups is 1. The number of hydrogen-bond donors (Lipinski definition) is 1. The number of halogens is 4. The summed E-state index contributed by atoms with van der Waals surface area (Å²) in [6.45, 7) is 10.6. The monoisotopic (exact) mass is 594 g/mol. The highest BCUT2D eigenvalue weighted by atomic mass is 79.9. The molecule has 0 radical (unpaired) electrons. The molecule has 1 saturated carbocycles. The fourth-order valence-electron chi connectivity index (χ4n) is 4.48. The zero-order valence-electron chi connectivity index (χ0n) is 21.0. The van der Waals surface area contributed by atoms with E-state index in [9.17, 15) is 18.7 Å². The number of carbonyl (C=O) groups is 1. The number of hydrogen-bond acceptors (Lipinski definition) is 4. The molecule has 1 heterocycles. The van der Waals surface area contributed by atoms with Gasteiger partial charge < -0.3 is 9.84 Å². The first-order valence-corrected chi connectivity index (χ1v) is 16.9. The van der Waals surface area contributed by atoms with Gasteiger partial charge in [0.2, 0.25) is 0 Å². The van der Waals surface area contributed by atoms with E-state index in [4.69, 9.17) is 4.74 Å². The average molecular weight is 596 g/mol. The largest absolute Gasteiger partial charge is 0.465 e. The van der Waals surface area contributed by atoms with Gasteiger partial charge in [0.15, 0.2) is 5.17 Å². The molecule has 1 fully saturated rings. The van der Waals surface area contributed by atoms with Gasteiger partial charge in [0, 0.05) is 36.0 Å². The molecule has 196 valence electrons. The van der Waals surface area contributed by atoms with Crippen LogP contribution in [0.1, 0.15) is 32.8 Å². The maximum atomic E-state index is 15.0. The number of amidine groups is 1. The van der Waals surface area contributed by atoms with Crippen LogP contribution in [-0.2, 0) is 10.3 Å². The van der Waals surface area contributed by atoms with Crippen molar-refractivity contribution >= 4 is 47.0 Å². The second-order valence-electron chi connectivity index (χ2n) is 11.7. The highest BCUT2D eigenvalue weighted by Gasteiger charge is 2.69. The molecule has 11 heteroatoms. The Hall–Kier alpha value is -1.04. The van der Waals surface area contributed by atoms with E-state index in [-0.39, 0.29) is 17.2 Å². The van der Waals surface area contributed by atoms with Gasteiger partial charge in [-0.2, -0.15) is 0 Å². The first-order chi connectivity index (χ1) is 16.1. The van der Waals surface area contributed by atoms with Gasteiger partial charge >= 0.3 is 6.09 Å². The minimum absolute atomic E-state index is 0.00945. The van der Waals surface area contributed by atoms with Crippen LogP contribution in [0.2, 0.25) is 25.7 Å². The molecule has 3 rings (SSSR count). The quantitative estimate of drug-likeness (QED) is 0.253. The Morgan fingerprint density at radius 3 is 2.51 bits per heavy atom. The van der Waals surface area contributed by atoms with Gasteiger partial charge in [-0.1, -0.05) is 68.1 Å². The van der Waals surface area contributed by atoms with Crippen molar-refractivity contribution in [1.29, 1.82) is 0 Å². The molecule has 0 bridgehead atoms. The van der Waals surface area contributed by atoms with Crippen molar-refractivity contribution in [2.24, 2.45) is 16.3 Å². The molecule has 1 aromatic rings. The summed E-state index contributed by atoms with van der Waals surface area (Å²) in [5.74, 6) is -1.26. The summed E-state index contributed by atoms with van der Waals surface area (Å²) in [5.41, 5.74) is -2.40. The summed E-state index contributed by atoms with van der Waals surface area (Å²) in [6, 6.07) is 4.97. The third-order valence-corrected chi connectivity index (χ3v) is 10.2. The SMILES string of the molecule is CC(C)(C)C(OCC[Si](C)(C)C)N(C(=O)O)C1=N[C@](CF)(c2cc(Br)ccc2F)[C@@H]2C[C@]2(CF)S1. The van der Waals surface area contributed by atoms with Gasteiger partial charge in [-0.25, -0.2) is 27.9 Å². The molecule has 1 amide bonds. The molecule has 0 spiro atoms. The predicted molar refractivity (Wildman–Crippen MR) is 141 cm³/mol. The summed E-state index contributed by atoms with van der Waals surface area (Å²) < 4.78 is 49.9. The van der Waals surface area contributed by atoms with Crippen molar-refractivity contribution in [3.8, 4) is 0 Å². The normalized spacial score (nSPS) is 27.1. The average Bonchev–Trinajstić information content (AvgIpc) is 3.48. The van der Waals surface area contributed by atoms with Crippen molar-refractivity contribution in [2.45, 2.75) is 69.4 Å². The molecule has 0 aromatic heterocycles. The third-order valence-electron chi connectivity index (χ3n) is 6.53. The van der Waals surface area contributed by atoms with Gasteiger partial charge in [0.05, 0.1) is 4.75 Å². The van der Waals surface area contributed by atoms with E-state index in [2.05, 4.69) is 40.6 Å². The molecule has 1 unspecified atom stereocenters. The summed E-state index contributed by atoms with van der Waals surface area (Å²) in [6.07, 6.45) is -2.01. The van der Waals surface area contributed by atoms with E-state index < -0.39 is 61.2 Å². The number of nitrogens with zero attached hydrogens (tertiary/aromatic N) is 2. The van der Waals surface area contributed by atoms with E-state index >= 15 is 4.39 Å². The zero-order valence-corrected chi connectivity index (χ0v) is 24.4. The summed E-state index contributed by atoms with van der Waals surface area (Å²) in [5, 5.41) is 10.2. The molecule has 1 aromatic carbocycles. The maximum absolute atomic E-state index is 15.0. The fourth-order valence-corrected chi connectivity index (χ4v) is 7.06. The Labute approximate surface area is 219 Å². The van der Waals surface area contributed by atoms with E-state index in [0.29, 0.717) is 11.1 Å². The molecule has 1 aliphatic carbocycles. The molecule has 0 saturated heterocycles. The van der Waals surface area contributed by atoms with Gasteiger partial charge in [-0.15, -0.1) is 0 Å². The number of aliphatic imine (C=N–C) groups is 1. The van der Waals surface area contributed by atoms with Crippen LogP contribution in [0.3, 0.4) is 0 Å². The number of rotatable bonds is 8. The number of alkyl halides is 2. The van der Waals surface area contributed by atoms with Crippen LogP contribution < -0.4 is 0 Å². The van der Waals surface area contributed by atoms with E-state index in [1.54, 1.807) is 0 Å². The Balaban J connectivity index is 2.13. The minimum Gasteiger partial charge on any atom is -0.465 e. The lowest BCUT2D eigenvalue weighted by atomic mass is 9.85. The Kier molecular flexibility index (Phi) is 8.17. The molecule has 4 atom stereocenters. The van der Waals surface area contributed by atoms with Crippen LogP contribution in [0.5, 0.6) is 0 Å². The fraction of sp³-hybridized carbons (Fsp3) is 0.667. The summed E-state index contributed by atoms with van der Waals surface area (Å²) in [4.78, 5) is 18.2. The highest BCUT2D eigenvalue weighted by Crippen LogP contribution is 2.67. The standard InChI is InChI=1S/C24H34BrF3N2O3SSi/c1-22(2,3)19(33-9-10-35(4,5)6)30(21(31)32)20-29-24(14-27,18-12-23(18,13-26)34-20)16-11-15(25)7-8-17(16)28/h7-8,11,18-19H,9-10,12-14H2,1-6H3,(H,31,32)/t18-,19?,23-,24-/m1/s1. The van der Waals surface area contributed by atoms with Gasteiger partial charge in [0.1, 0.15) is 30.9 Å².